The van der Waals surface area contributed by atoms with Gasteiger partial charge < -0.3 is 9.88 Å². The summed E-state index contributed by atoms with van der Waals surface area (Å²) in [7, 11) is 0. The van der Waals surface area contributed by atoms with Crippen LogP contribution in [0.1, 0.15) is 38.3 Å². The van der Waals surface area contributed by atoms with Gasteiger partial charge in [-0.25, -0.2) is 0 Å². The molecule has 0 radical (unpaired) electrons. The lowest BCUT2D eigenvalue weighted by Crippen LogP contribution is -2.25. The smallest absolute Gasteiger partial charge is 0.250 e. The molecule has 0 saturated carbocycles. The second-order valence-electron chi connectivity index (χ2n) is 4.46. The van der Waals surface area contributed by atoms with Crippen LogP contribution in [0, 0.1) is 6.92 Å². The average Bonchev–Trinajstić information content (AvgIpc) is 2.32. The second kappa shape index (κ2) is 7.69. The van der Waals surface area contributed by atoms with Crippen molar-refractivity contribution in [3.8, 4) is 0 Å². The molecule has 4 heteroatoms. The molecule has 100 valence electrons. The Kier molecular flexibility index (Phi) is 6.19. The molecular weight excluding hydrogens is 228 g/mol. The monoisotopic (exact) mass is 250 g/mol. The molecule has 0 aromatic carbocycles. The topological polar surface area (TPSA) is 51.1 Å². The number of carbonyl (C=O) groups excluding carboxylic acids is 1. The number of carbonyl (C=O) groups is 1. The number of hydrogen-bond acceptors (Lipinski definition) is 2. The fourth-order valence-electron chi connectivity index (χ4n) is 1.85. The van der Waals surface area contributed by atoms with Crippen LogP contribution in [0.15, 0.2) is 23.0 Å². The first kappa shape index (κ1) is 14.5. The fourth-order valence-corrected chi connectivity index (χ4v) is 1.85. The molecule has 0 aliphatic heterocycles. The van der Waals surface area contributed by atoms with Crippen LogP contribution in [0.5, 0.6) is 0 Å². The van der Waals surface area contributed by atoms with Crippen molar-refractivity contribution in [3.63, 3.8) is 0 Å². The maximum Gasteiger partial charge on any atom is 0.250 e. The van der Waals surface area contributed by atoms with E-state index >= 15 is 0 Å². The van der Waals surface area contributed by atoms with E-state index in [-0.39, 0.29) is 11.5 Å². The van der Waals surface area contributed by atoms with Gasteiger partial charge >= 0.3 is 0 Å². The van der Waals surface area contributed by atoms with E-state index in [1.54, 1.807) is 16.7 Å². The van der Waals surface area contributed by atoms with Crippen LogP contribution in [0.3, 0.4) is 0 Å². The van der Waals surface area contributed by atoms with Crippen LogP contribution in [0.25, 0.3) is 0 Å². The zero-order chi connectivity index (χ0) is 13.4. The standard InChI is InChI=1S/C14H22N2O2/c1-3-7-13(17)15-10-4-5-11-16-12(2)8-6-9-14(16)18/h6,8-9H,3-5,7,10-11H2,1-2H3,(H,15,17). The molecule has 1 amide bonds. The molecule has 18 heavy (non-hydrogen) atoms. The van der Waals surface area contributed by atoms with Crippen molar-refractivity contribution in [2.75, 3.05) is 6.54 Å². The minimum atomic E-state index is 0.0463. The highest BCUT2D eigenvalue weighted by atomic mass is 16.1. The second-order valence-corrected chi connectivity index (χ2v) is 4.46. The summed E-state index contributed by atoms with van der Waals surface area (Å²) < 4.78 is 1.77. The fraction of sp³-hybridized carbons (Fsp3) is 0.571. The first-order chi connectivity index (χ1) is 8.65. The minimum Gasteiger partial charge on any atom is -0.356 e. The molecule has 0 saturated heterocycles. The van der Waals surface area contributed by atoms with E-state index in [1.807, 2.05) is 19.9 Å². The van der Waals surface area contributed by atoms with Crippen LogP contribution in [-0.4, -0.2) is 17.0 Å². The number of nitrogens with one attached hydrogen (secondary N) is 1. The molecule has 4 nitrogen and oxygen atoms in total. The Labute approximate surface area is 108 Å². The first-order valence-electron chi connectivity index (χ1n) is 6.58. The Bertz CT molecular complexity index is 438. The summed E-state index contributed by atoms with van der Waals surface area (Å²) in [5, 5.41) is 2.87. The summed E-state index contributed by atoms with van der Waals surface area (Å²) in [6.45, 7) is 5.34. The highest BCUT2D eigenvalue weighted by Crippen LogP contribution is 1.98. The van der Waals surface area contributed by atoms with Crippen LogP contribution in [0.2, 0.25) is 0 Å². The highest BCUT2D eigenvalue weighted by molar-refractivity contribution is 5.75. The Morgan fingerprint density at radius 1 is 1.33 bits per heavy atom. The molecule has 0 unspecified atom stereocenters. The number of aromatic nitrogens is 1. The summed E-state index contributed by atoms with van der Waals surface area (Å²) in [6.07, 6.45) is 3.27. The van der Waals surface area contributed by atoms with Gasteiger partial charge in [-0.2, -0.15) is 0 Å². The molecule has 0 bridgehead atoms. The van der Waals surface area contributed by atoms with Gasteiger partial charge in [0.2, 0.25) is 5.91 Å². The van der Waals surface area contributed by atoms with E-state index in [9.17, 15) is 9.59 Å². The van der Waals surface area contributed by atoms with Gasteiger partial charge in [0.25, 0.3) is 5.56 Å². The Balaban J connectivity index is 2.26. The lowest BCUT2D eigenvalue weighted by Gasteiger charge is -2.09. The van der Waals surface area contributed by atoms with Gasteiger partial charge in [0.1, 0.15) is 0 Å². The van der Waals surface area contributed by atoms with Gasteiger partial charge in [-0.1, -0.05) is 13.0 Å². The molecule has 0 aliphatic rings. The third kappa shape index (κ3) is 4.73. The largest absolute Gasteiger partial charge is 0.356 e. The van der Waals surface area contributed by atoms with Gasteiger partial charge in [0, 0.05) is 31.3 Å². The van der Waals surface area contributed by atoms with Gasteiger partial charge in [-0.05, 0) is 32.3 Å². The summed E-state index contributed by atoms with van der Waals surface area (Å²) in [5.74, 6) is 0.116. The molecule has 1 N–H and O–H groups in total. The number of rotatable bonds is 7. The van der Waals surface area contributed by atoms with E-state index in [0.29, 0.717) is 13.0 Å². The average molecular weight is 250 g/mol. The van der Waals surface area contributed by atoms with Crippen LogP contribution < -0.4 is 10.9 Å². The van der Waals surface area contributed by atoms with Crippen molar-refractivity contribution in [1.82, 2.24) is 9.88 Å². The molecule has 1 rings (SSSR count). The minimum absolute atomic E-state index is 0.0463. The van der Waals surface area contributed by atoms with E-state index in [4.69, 9.17) is 0 Å². The maximum absolute atomic E-state index is 11.6. The number of hydrogen-bond donors (Lipinski definition) is 1. The van der Waals surface area contributed by atoms with Crippen LogP contribution in [0.4, 0.5) is 0 Å². The van der Waals surface area contributed by atoms with Crippen molar-refractivity contribution in [1.29, 1.82) is 0 Å². The third-order valence-corrected chi connectivity index (χ3v) is 2.88. The van der Waals surface area contributed by atoms with Crippen LogP contribution >= 0.6 is 0 Å². The van der Waals surface area contributed by atoms with Crippen molar-refractivity contribution >= 4 is 5.91 Å². The number of nitrogens with zero attached hydrogens (tertiary/aromatic N) is 1. The molecule has 0 atom stereocenters. The zero-order valence-electron chi connectivity index (χ0n) is 11.2. The molecule has 1 aromatic rings. The molecule has 0 fully saturated rings. The normalized spacial score (nSPS) is 10.3. The van der Waals surface area contributed by atoms with E-state index in [1.165, 1.54) is 0 Å². The van der Waals surface area contributed by atoms with Crippen molar-refractivity contribution < 1.29 is 4.79 Å². The Morgan fingerprint density at radius 3 is 2.78 bits per heavy atom. The van der Waals surface area contributed by atoms with Gasteiger partial charge in [-0.3, -0.25) is 9.59 Å². The Morgan fingerprint density at radius 2 is 2.11 bits per heavy atom. The SMILES string of the molecule is CCCC(=O)NCCCCn1c(C)cccc1=O. The number of pyridine rings is 1. The Hall–Kier alpha value is -1.58. The summed E-state index contributed by atoms with van der Waals surface area (Å²) in [6, 6.07) is 5.29. The predicted molar refractivity (Wildman–Crippen MR) is 72.6 cm³/mol. The molecule has 1 heterocycles. The van der Waals surface area contributed by atoms with Crippen molar-refractivity contribution in [3.05, 3.63) is 34.2 Å². The number of amides is 1. The lowest BCUT2D eigenvalue weighted by atomic mass is 10.2. The van der Waals surface area contributed by atoms with E-state index in [0.717, 1.165) is 31.5 Å². The first-order valence-corrected chi connectivity index (χ1v) is 6.58. The summed E-state index contributed by atoms with van der Waals surface area (Å²) >= 11 is 0. The van der Waals surface area contributed by atoms with Gasteiger partial charge in [0.15, 0.2) is 0 Å². The van der Waals surface area contributed by atoms with Gasteiger partial charge in [0.05, 0.1) is 0 Å². The van der Waals surface area contributed by atoms with Crippen LogP contribution in [-0.2, 0) is 11.3 Å². The molecular formula is C14H22N2O2. The maximum atomic E-state index is 11.6. The van der Waals surface area contributed by atoms with E-state index in [2.05, 4.69) is 5.32 Å². The quantitative estimate of drug-likeness (QED) is 0.751. The van der Waals surface area contributed by atoms with Crippen molar-refractivity contribution in [2.24, 2.45) is 0 Å². The zero-order valence-corrected chi connectivity index (χ0v) is 11.2. The highest BCUT2D eigenvalue weighted by Gasteiger charge is 2.00. The molecule has 0 spiro atoms. The molecule has 0 aliphatic carbocycles. The number of unbranched alkanes of at least 4 members (excludes halogenated alkanes) is 1. The number of aryl methyl sites for hydroxylation is 1. The van der Waals surface area contributed by atoms with Gasteiger partial charge in [-0.15, -0.1) is 0 Å². The lowest BCUT2D eigenvalue weighted by molar-refractivity contribution is -0.121. The van der Waals surface area contributed by atoms with Crippen molar-refractivity contribution in [2.45, 2.75) is 46.1 Å². The third-order valence-electron chi connectivity index (χ3n) is 2.88. The summed E-state index contributed by atoms with van der Waals surface area (Å²) in [4.78, 5) is 22.8. The predicted octanol–water partition coefficient (Wildman–Crippen LogP) is 1.85. The summed E-state index contributed by atoms with van der Waals surface area (Å²) in [5.41, 5.74) is 1.03. The molecule has 1 aromatic heterocycles. The van der Waals surface area contributed by atoms with E-state index < -0.39 is 0 Å².